The predicted octanol–water partition coefficient (Wildman–Crippen LogP) is 3.09. The van der Waals surface area contributed by atoms with Gasteiger partial charge in [0.25, 0.3) is 0 Å². The number of nitrogens with one attached hydrogen (secondary N) is 1. The van der Waals surface area contributed by atoms with E-state index in [9.17, 15) is 0 Å². The summed E-state index contributed by atoms with van der Waals surface area (Å²) >= 11 is 0. The first-order chi connectivity index (χ1) is 9.81. The van der Waals surface area contributed by atoms with Crippen molar-refractivity contribution in [1.82, 2.24) is 5.32 Å². The van der Waals surface area contributed by atoms with Crippen molar-refractivity contribution in [2.75, 3.05) is 13.7 Å². The molecule has 0 radical (unpaired) electrons. The van der Waals surface area contributed by atoms with Gasteiger partial charge in [-0.25, -0.2) is 0 Å². The third kappa shape index (κ3) is 3.13. The maximum atomic E-state index is 8.99. The molecule has 0 saturated heterocycles. The summed E-state index contributed by atoms with van der Waals surface area (Å²) in [6.07, 6.45) is 5.71. The number of rotatable bonds is 7. The summed E-state index contributed by atoms with van der Waals surface area (Å²) in [5.41, 5.74) is 1.78. The molecule has 1 aromatic rings. The summed E-state index contributed by atoms with van der Waals surface area (Å²) in [6.45, 7) is 1.89. The highest BCUT2D eigenvalue weighted by molar-refractivity contribution is 5.41. The minimum absolute atomic E-state index is 0.698. The summed E-state index contributed by atoms with van der Waals surface area (Å²) in [7, 11) is 1.68. The molecule has 0 amide bonds. The van der Waals surface area contributed by atoms with Crippen LogP contribution in [0.25, 0.3) is 0 Å². The lowest BCUT2D eigenvalue weighted by atomic mass is 9.98. The fraction of sp³-hybridized carbons (Fsp3) is 0.588. The van der Waals surface area contributed by atoms with Crippen LogP contribution < -0.4 is 10.1 Å². The fourth-order valence-corrected chi connectivity index (χ4v) is 3.13. The first kappa shape index (κ1) is 13.5. The number of hydrogen-bond donors (Lipinski definition) is 1. The average Bonchev–Trinajstić information content (AvgIpc) is 3.36. The maximum Gasteiger partial charge on any atom is 0.123 e. The summed E-state index contributed by atoms with van der Waals surface area (Å²) in [4.78, 5) is 0. The van der Waals surface area contributed by atoms with E-state index in [4.69, 9.17) is 10.00 Å². The highest BCUT2D eigenvalue weighted by Crippen LogP contribution is 2.48. The summed E-state index contributed by atoms with van der Waals surface area (Å²) in [5, 5.41) is 12.6. The van der Waals surface area contributed by atoms with Crippen LogP contribution in [0.15, 0.2) is 18.2 Å². The molecule has 3 rings (SSSR count). The Morgan fingerprint density at radius 2 is 2.00 bits per heavy atom. The molecule has 0 unspecified atom stereocenters. The molecule has 2 fully saturated rings. The van der Waals surface area contributed by atoms with E-state index in [1.807, 2.05) is 12.1 Å². The minimum Gasteiger partial charge on any atom is -0.496 e. The highest BCUT2D eigenvalue weighted by atomic mass is 16.5. The molecule has 0 atom stereocenters. The van der Waals surface area contributed by atoms with Crippen molar-refractivity contribution in [2.24, 2.45) is 17.8 Å². The molecule has 0 aliphatic heterocycles. The van der Waals surface area contributed by atoms with E-state index in [2.05, 4.69) is 11.4 Å². The van der Waals surface area contributed by atoms with Crippen molar-refractivity contribution in [3.05, 3.63) is 29.3 Å². The molecule has 1 aromatic carbocycles. The third-order valence-electron chi connectivity index (χ3n) is 4.56. The Hall–Kier alpha value is -1.53. The van der Waals surface area contributed by atoms with Crippen LogP contribution in [0, 0.1) is 29.1 Å². The molecule has 0 aromatic heterocycles. The number of nitrogens with zero attached hydrogens (tertiary/aromatic N) is 1. The number of benzene rings is 1. The van der Waals surface area contributed by atoms with Gasteiger partial charge >= 0.3 is 0 Å². The zero-order valence-corrected chi connectivity index (χ0v) is 12.1. The smallest absolute Gasteiger partial charge is 0.123 e. The molecule has 2 saturated carbocycles. The van der Waals surface area contributed by atoms with Crippen LogP contribution in [0.4, 0.5) is 0 Å². The van der Waals surface area contributed by atoms with Gasteiger partial charge in [0.1, 0.15) is 5.75 Å². The number of methoxy groups -OCH3 is 1. The predicted molar refractivity (Wildman–Crippen MR) is 78.4 cm³/mol. The number of ether oxygens (including phenoxy) is 1. The van der Waals surface area contributed by atoms with Crippen LogP contribution in [0.5, 0.6) is 5.75 Å². The molecule has 20 heavy (non-hydrogen) atoms. The summed E-state index contributed by atoms with van der Waals surface area (Å²) in [5.74, 6) is 3.69. The standard InChI is InChI=1S/C17H22N2O/c1-20-17-7-2-12(9-18)8-15(17)10-19-11-16(13-3-4-13)14-5-6-14/h2,7-8,13-14,16,19H,3-6,10-11H2,1H3. The molecule has 0 bridgehead atoms. The second-order valence-corrected chi connectivity index (χ2v) is 6.11. The second kappa shape index (κ2) is 5.85. The molecule has 2 aliphatic rings. The second-order valence-electron chi connectivity index (χ2n) is 6.11. The van der Waals surface area contributed by atoms with E-state index >= 15 is 0 Å². The molecule has 2 aliphatic carbocycles. The van der Waals surface area contributed by atoms with Crippen LogP contribution in [0.3, 0.4) is 0 Å². The van der Waals surface area contributed by atoms with Crippen molar-refractivity contribution >= 4 is 0 Å². The lowest BCUT2D eigenvalue weighted by Gasteiger charge is -2.17. The maximum absolute atomic E-state index is 8.99. The van der Waals surface area contributed by atoms with Gasteiger partial charge in [-0.3, -0.25) is 0 Å². The monoisotopic (exact) mass is 270 g/mol. The van der Waals surface area contributed by atoms with Crippen LogP contribution in [0.1, 0.15) is 36.8 Å². The Labute approximate surface area is 120 Å². The Morgan fingerprint density at radius 1 is 1.30 bits per heavy atom. The average molecular weight is 270 g/mol. The van der Waals surface area contributed by atoms with Crippen LogP contribution in [-0.2, 0) is 6.54 Å². The SMILES string of the molecule is COc1ccc(C#N)cc1CNCC(C1CC1)C1CC1. The zero-order valence-electron chi connectivity index (χ0n) is 12.1. The van der Waals surface area contributed by atoms with E-state index in [-0.39, 0.29) is 0 Å². The Balaban J connectivity index is 1.58. The Bertz CT molecular complexity index is 500. The van der Waals surface area contributed by atoms with Gasteiger partial charge in [-0.2, -0.15) is 5.26 Å². The number of hydrogen-bond acceptors (Lipinski definition) is 3. The Kier molecular flexibility index (Phi) is 3.93. The molecular weight excluding hydrogens is 248 g/mol. The van der Waals surface area contributed by atoms with E-state index in [1.54, 1.807) is 13.2 Å². The van der Waals surface area contributed by atoms with Gasteiger partial charge in [0.15, 0.2) is 0 Å². The van der Waals surface area contributed by atoms with Gasteiger partial charge in [0, 0.05) is 12.1 Å². The molecule has 3 nitrogen and oxygen atoms in total. The van der Waals surface area contributed by atoms with E-state index in [1.165, 1.54) is 25.7 Å². The molecule has 106 valence electrons. The summed E-state index contributed by atoms with van der Waals surface area (Å²) in [6, 6.07) is 7.81. The molecule has 3 heteroatoms. The fourth-order valence-electron chi connectivity index (χ4n) is 3.13. The minimum atomic E-state index is 0.698. The first-order valence-corrected chi connectivity index (χ1v) is 7.59. The van der Waals surface area contributed by atoms with E-state index in [0.717, 1.165) is 42.2 Å². The lowest BCUT2D eigenvalue weighted by molar-refractivity contribution is 0.373. The first-order valence-electron chi connectivity index (χ1n) is 7.59. The molecule has 0 heterocycles. The van der Waals surface area contributed by atoms with Crippen molar-refractivity contribution in [3.63, 3.8) is 0 Å². The number of nitriles is 1. The van der Waals surface area contributed by atoms with Gasteiger partial charge in [-0.15, -0.1) is 0 Å². The van der Waals surface area contributed by atoms with Crippen molar-refractivity contribution in [3.8, 4) is 11.8 Å². The largest absolute Gasteiger partial charge is 0.496 e. The van der Waals surface area contributed by atoms with E-state index in [0.29, 0.717) is 5.56 Å². The Morgan fingerprint density at radius 3 is 2.55 bits per heavy atom. The van der Waals surface area contributed by atoms with Crippen LogP contribution >= 0.6 is 0 Å². The molecular formula is C17H22N2O. The van der Waals surface area contributed by atoms with Crippen LogP contribution in [0.2, 0.25) is 0 Å². The van der Waals surface area contributed by atoms with Gasteiger partial charge in [0.05, 0.1) is 18.7 Å². The highest BCUT2D eigenvalue weighted by Gasteiger charge is 2.40. The van der Waals surface area contributed by atoms with Crippen molar-refractivity contribution in [2.45, 2.75) is 32.2 Å². The lowest BCUT2D eigenvalue weighted by Crippen LogP contribution is -2.25. The normalized spacial score (nSPS) is 18.1. The molecule has 1 N–H and O–H groups in total. The zero-order chi connectivity index (χ0) is 13.9. The quantitative estimate of drug-likeness (QED) is 0.828. The van der Waals surface area contributed by atoms with Crippen molar-refractivity contribution in [1.29, 1.82) is 5.26 Å². The molecule has 0 spiro atoms. The van der Waals surface area contributed by atoms with Crippen molar-refractivity contribution < 1.29 is 4.74 Å². The van der Waals surface area contributed by atoms with Gasteiger partial charge in [-0.1, -0.05) is 0 Å². The van der Waals surface area contributed by atoms with Crippen LogP contribution in [-0.4, -0.2) is 13.7 Å². The third-order valence-corrected chi connectivity index (χ3v) is 4.56. The topological polar surface area (TPSA) is 45.0 Å². The van der Waals surface area contributed by atoms with Gasteiger partial charge < -0.3 is 10.1 Å². The summed E-state index contributed by atoms with van der Waals surface area (Å²) < 4.78 is 5.37. The van der Waals surface area contributed by atoms with Gasteiger partial charge in [0.2, 0.25) is 0 Å². The van der Waals surface area contributed by atoms with E-state index < -0.39 is 0 Å². The van der Waals surface area contributed by atoms with Gasteiger partial charge in [-0.05, 0) is 68.2 Å².